The van der Waals surface area contributed by atoms with Gasteiger partial charge in [0.1, 0.15) is 0 Å². The number of rotatable bonds is 6. The van der Waals surface area contributed by atoms with Gasteiger partial charge in [0, 0.05) is 5.69 Å². The molecule has 2 aromatic carbocycles. The maximum atomic E-state index is 12.2. The first-order chi connectivity index (χ1) is 11.7. The van der Waals surface area contributed by atoms with Crippen LogP contribution in [-0.4, -0.2) is 31.9 Å². The van der Waals surface area contributed by atoms with E-state index in [9.17, 15) is 18.0 Å². The summed E-state index contributed by atoms with van der Waals surface area (Å²) in [5, 5.41) is 11.5. The van der Waals surface area contributed by atoms with Gasteiger partial charge in [-0.2, -0.15) is 0 Å². The molecule has 8 heteroatoms. The van der Waals surface area contributed by atoms with E-state index in [1.165, 1.54) is 24.3 Å². The van der Waals surface area contributed by atoms with Gasteiger partial charge in [-0.1, -0.05) is 18.2 Å². The molecule has 0 bridgehead atoms. The lowest BCUT2D eigenvalue weighted by molar-refractivity contribution is -0.115. The number of aromatic carboxylic acids is 1. The molecular formula is C17H18N2O5S. The number of carboxylic acids is 1. The monoisotopic (exact) mass is 362 g/mol. The maximum Gasteiger partial charge on any atom is 0.335 e. The number of carboxylic acid groups (broad SMARTS) is 1. The van der Waals surface area contributed by atoms with Crippen LogP contribution in [-0.2, 0) is 14.8 Å². The summed E-state index contributed by atoms with van der Waals surface area (Å²) in [5.74, 6) is -1.65. The molecule has 132 valence electrons. The van der Waals surface area contributed by atoms with Crippen molar-refractivity contribution in [2.45, 2.75) is 18.7 Å². The Hall–Kier alpha value is -2.71. The number of anilines is 1. The van der Waals surface area contributed by atoms with Crippen LogP contribution in [0.15, 0.2) is 47.4 Å². The summed E-state index contributed by atoms with van der Waals surface area (Å²) in [6, 6.07) is 10.3. The number of para-hydroxylation sites is 1. The number of nitrogens with one attached hydrogen (secondary N) is 2. The van der Waals surface area contributed by atoms with E-state index in [0.717, 1.165) is 11.1 Å². The van der Waals surface area contributed by atoms with Crippen LogP contribution < -0.4 is 10.0 Å². The molecule has 0 aliphatic rings. The van der Waals surface area contributed by atoms with Gasteiger partial charge in [-0.15, -0.1) is 0 Å². The zero-order chi connectivity index (χ0) is 18.6. The van der Waals surface area contributed by atoms with Crippen LogP contribution in [0.4, 0.5) is 5.69 Å². The SMILES string of the molecule is Cc1cccc(C)c1NC(=O)CNS(=O)(=O)c1ccc(C(=O)O)cc1. The van der Waals surface area contributed by atoms with Crippen LogP contribution in [0.3, 0.4) is 0 Å². The number of carbonyl (C=O) groups is 2. The molecule has 0 saturated carbocycles. The first-order valence-corrected chi connectivity index (χ1v) is 8.88. The number of benzene rings is 2. The molecule has 7 nitrogen and oxygen atoms in total. The Balaban J connectivity index is 2.04. The number of aryl methyl sites for hydroxylation is 2. The van der Waals surface area contributed by atoms with E-state index in [2.05, 4.69) is 10.0 Å². The predicted octanol–water partition coefficient (Wildman–Crippen LogP) is 1.92. The zero-order valence-electron chi connectivity index (χ0n) is 13.7. The Kier molecular flexibility index (Phi) is 5.55. The maximum absolute atomic E-state index is 12.2. The van der Waals surface area contributed by atoms with Crippen molar-refractivity contribution in [1.29, 1.82) is 0 Å². The molecule has 0 heterocycles. The Morgan fingerprint density at radius 1 is 1.00 bits per heavy atom. The van der Waals surface area contributed by atoms with Crippen LogP contribution >= 0.6 is 0 Å². The van der Waals surface area contributed by atoms with E-state index < -0.39 is 28.4 Å². The van der Waals surface area contributed by atoms with E-state index in [0.29, 0.717) is 5.69 Å². The summed E-state index contributed by atoms with van der Waals surface area (Å²) in [7, 11) is -3.91. The lowest BCUT2D eigenvalue weighted by Crippen LogP contribution is -2.33. The lowest BCUT2D eigenvalue weighted by Gasteiger charge is -2.12. The first kappa shape index (κ1) is 18.6. The minimum Gasteiger partial charge on any atom is -0.478 e. The van der Waals surface area contributed by atoms with Gasteiger partial charge in [-0.25, -0.2) is 17.9 Å². The van der Waals surface area contributed by atoms with E-state index in [1.54, 1.807) is 0 Å². The fourth-order valence-corrected chi connectivity index (χ4v) is 3.20. The molecule has 0 aliphatic carbocycles. The Labute approximate surface area is 145 Å². The summed E-state index contributed by atoms with van der Waals surface area (Å²) in [6.07, 6.45) is 0. The van der Waals surface area contributed by atoms with Gasteiger partial charge >= 0.3 is 5.97 Å². The first-order valence-electron chi connectivity index (χ1n) is 7.40. The smallest absolute Gasteiger partial charge is 0.335 e. The highest BCUT2D eigenvalue weighted by Crippen LogP contribution is 2.19. The predicted molar refractivity (Wildman–Crippen MR) is 93.1 cm³/mol. The molecule has 0 unspecified atom stereocenters. The van der Waals surface area contributed by atoms with Crippen molar-refractivity contribution in [2.75, 3.05) is 11.9 Å². The summed E-state index contributed by atoms with van der Waals surface area (Å²) >= 11 is 0. The number of sulfonamides is 1. The van der Waals surface area contributed by atoms with Gasteiger partial charge < -0.3 is 10.4 Å². The van der Waals surface area contributed by atoms with Crippen molar-refractivity contribution in [1.82, 2.24) is 4.72 Å². The molecule has 0 atom stereocenters. The van der Waals surface area contributed by atoms with E-state index in [1.807, 2.05) is 32.0 Å². The van der Waals surface area contributed by atoms with Crippen molar-refractivity contribution in [3.63, 3.8) is 0 Å². The fraction of sp³-hybridized carbons (Fsp3) is 0.176. The minimum absolute atomic E-state index is 0.0216. The van der Waals surface area contributed by atoms with Crippen LogP contribution in [0.5, 0.6) is 0 Å². The van der Waals surface area contributed by atoms with Crippen molar-refractivity contribution in [3.05, 3.63) is 59.2 Å². The van der Waals surface area contributed by atoms with Crippen LogP contribution in [0.25, 0.3) is 0 Å². The second-order valence-electron chi connectivity index (χ2n) is 5.47. The molecule has 0 fully saturated rings. The van der Waals surface area contributed by atoms with Crippen LogP contribution in [0, 0.1) is 13.8 Å². The topological polar surface area (TPSA) is 113 Å². The van der Waals surface area contributed by atoms with Gasteiger partial charge in [0.15, 0.2) is 0 Å². The van der Waals surface area contributed by atoms with Gasteiger partial charge in [0.25, 0.3) is 0 Å². The Morgan fingerprint density at radius 3 is 2.08 bits per heavy atom. The molecule has 0 aliphatic heterocycles. The molecular weight excluding hydrogens is 344 g/mol. The Morgan fingerprint density at radius 2 is 1.56 bits per heavy atom. The highest BCUT2D eigenvalue weighted by Gasteiger charge is 2.17. The number of hydrogen-bond acceptors (Lipinski definition) is 4. The third-order valence-corrected chi connectivity index (χ3v) is 5.00. The van der Waals surface area contributed by atoms with Crippen LogP contribution in [0.2, 0.25) is 0 Å². The second kappa shape index (κ2) is 7.45. The molecule has 2 rings (SSSR count). The Bertz CT molecular complexity index is 885. The highest BCUT2D eigenvalue weighted by atomic mass is 32.2. The molecule has 0 radical (unpaired) electrons. The molecule has 3 N–H and O–H groups in total. The average molecular weight is 362 g/mol. The average Bonchev–Trinajstić information content (AvgIpc) is 2.56. The lowest BCUT2D eigenvalue weighted by atomic mass is 10.1. The van der Waals surface area contributed by atoms with Crippen molar-refractivity contribution in [3.8, 4) is 0 Å². The van der Waals surface area contributed by atoms with E-state index in [-0.39, 0.29) is 10.5 Å². The van der Waals surface area contributed by atoms with Gasteiger partial charge in [0.05, 0.1) is 17.0 Å². The fourth-order valence-electron chi connectivity index (χ4n) is 2.22. The largest absolute Gasteiger partial charge is 0.478 e. The molecule has 25 heavy (non-hydrogen) atoms. The zero-order valence-corrected chi connectivity index (χ0v) is 14.6. The second-order valence-corrected chi connectivity index (χ2v) is 7.24. The van der Waals surface area contributed by atoms with Gasteiger partial charge in [0.2, 0.25) is 15.9 Å². The van der Waals surface area contributed by atoms with E-state index in [4.69, 9.17) is 5.11 Å². The summed E-state index contributed by atoms with van der Waals surface area (Å²) in [4.78, 5) is 22.7. The standard InChI is InChI=1S/C17H18N2O5S/c1-11-4-3-5-12(2)16(11)19-15(20)10-18-25(23,24)14-8-6-13(7-9-14)17(21)22/h3-9,18H,10H2,1-2H3,(H,19,20)(H,21,22). The normalized spacial score (nSPS) is 11.1. The van der Waals surface area contributed by atoms with Crippen molar-refractivity contribution >= 4 is 27.6 Å². The highest BCUT2D eigenvalue weighted by molar-refractivity contribution is 7.89. The van der Waals surface area contributed by atoms with Crippen LogP contribution in [0.1, 0.15) is 21.5 Å². The van der Waals surface area contributed by atoms with Crippen molar-refractivity contribution < 1.29 is 23.1 Å². The summed E-state index contributed by atoms with van der Waals surface area (Å²) < 4.78 is 26.5. The minimum atomic E-state index is -3.91. The number of amides is 1. The van der Waals surface area contributed by atoms with Gasteiger partial charge in [-0.3, -0.25) is 4.79 Å². The number of carbonyl (C=O) groups excluding carboxylic acids is 1. The van der Waals surface area contributed by atoms with Crippen molar-refractivity contribution in [2.24, 2.45) is 0 Å². The summed E-state index contributed by atoms with van der Waals surface area (Å²) in [6.45, 7) is 3.25. The molecule has 1 amide bonds. The molecule has 2 aromatic rings. The molecule has 0 saturated heterocycles. The van der Waals surface area contributed by atoms with E-state index >= 15 is 0 Å². The summed E-state index contributed by atoms with van der Waals surface area (Å²) in [5.41, 5.74) is 2.38. The third kappa shape index (κ3) is 4.65. The van der Waals surface area contributed by atoms with Gasteiger partial charge in [-0.05, 0) is 49.2 Å². The molecule has 0 aromatic heterocycles. The molecule has 0 spiro atoms. The number of hydrogen-bond donors (Lipinski definition) is 3. The quantitative estimate of drug-likeness (QED) is 0.727. The third-order valence-electron chi connectivity index (χ3n) is 3.58.